The van der Waals surface area contributed by atoms with Gasteiger partial charge in [0.05, 0.1) is 0 Å². The number of carbonyl (C=O) groups excluding carboxylic acids is 2. The number of carbonyl (C=O) groups is 2. The number of allylic oxidation sites excluding steroid dienone is 2. The van der Waals surface area contributed by atoms with Crippen molar-refractivity contribution in [1.29, 1.82) is 0 Å². The van der Waals surface area contributed by atoms with Crippen LogP contribution in [-0.4, -0.2) is 72.3 Å². The molecule has 0 saturated carbocycles. The van der Waals surface area contributed by atoms with Crippen LogP contribution in [-0.2, 0) is 32.8 Å². The van der Waals surface area contributed by atoms with Crippen molar-refractivity contribution in [2.45, 2.75) is 32.9 Å². The van der Waals surface area contributed by atoms with E-state index in [0.717, 1.165) is 0 Å². The Hall–Kier alpha value is -1.79. The van der Waals surface area contributed by atoms with Crippen LogP contribution in [0.3, 0.4) is 0 Å². The van der Waals surface area contributed by atoms with E-state index in [2.05, 4.69) is 77.1 Å². The van der Waals surface area contributed by atoms with Gasteiger partial charge >= 0.3 is 239 Å². The molecule has 2 aromatic rings. The average Bonchev–Trinajstić information content (AvgIpc) is 3.72. The van der Waals surface area contributed by atoms with E-state index >= 15 is 0 Å². The molecule has 0 aromatic heterocycles. The Morgan fingerprint density at radius 1 is 0.694 bits per heavy atom. The molecule has 4 aliphatic rings. The topological polar surface area (TPSA) is 64.7 Å². The fraction of sp³-hybridized carbons (Fsp3) is 0.357. The van der Waals surface area contributed by atoms with Crippen LogP contribution in [0.15, 0.2) is 60.7 Å². The standard InChI is InChI=1S/2C13H14N.2CH3NO.In.Zr.H/c2*1-2-6-12-11(5-1)7-8-13(12)14-9-3-4-10-14;2*2-1-3;;;/h2*1-2,5-8H,3-4,9-10H2;2*1H,(H2,2,3);;;/q;;;;+2;;/p-2. The van der Waals surface area contributed by atoms with E-state index in [1.54, 1.807) is 22.5 Å². The molecule has 2 aliphatic carbocycles. The molecule has 2 amide bonds. The molecule has 0 bridgehead atoms. The van der Waals surface area contributed by atoms with Crippen LogP contribution < -0.4 is 6.61 Å². The zero-order chi connectivity index (χ0) is 24.7. The van der Waals surface area contributed by atoms with E-state index in [4.69, 9.17) is 0 Å². The van der Waals surface area contributed by atoms with Crippen LogP contribution in [0.2, 0.25) is 0 Å². The summed E-state index contributed by atoms with van der Waals surface area (Å²) in [5, 5.41) is 0. The first-order valence-corrected chi connectivity index (χ1v) is 19.9. The molecule has 2 saturated heterocycles. The van der Waals surface area contributed by atoms with Crippen molar-refractivity contribution in [3.63, 3.8) is 0 Å². The molecule has 2 unspecified atom stereocenters. The van der Waals surface area contributed by atoms with Crippen molar-refractivity contribution in [3.8, 4) is 0 Å². The van der Waals surface area contributed by atoms with E-state index < -0.39 is 46.7 Å². The van der Waals surface area contributed by atoms with Gasteiger partial charge in [-0.2, -0.15) is 0 Å². The van der Waals surface area contributed by atoms with Crippen molar-refractivity contribution < 1.29 is 32.8 Å². The summed E-state index contributed by atoms with van der Waals surface area (Å²) >= 11 is -2.08. The Morgan fingerprint density at radius 3 is 1.53 bits per heavy atom. The van der Waals surface area contributed by atoms with Crippen LogP contribution >= 0.6 is 0 Å². The van der Waals surface area contributed by atoms with Gasteiger partial charge in [0.2, 0.25) is 0 Å². The molecule has 36 heavy (non-hydrogen) atoms. The Bertz CT molecular complexity index is 1050. The van der Waals surface area contributed by atoms with E-state index in [0.29, 0.717) is 20.1 Å². The molecule has 184 valence electrons. The van der Waals surface area contributed by atoms with Gasteiger partial charge in [0.15, 0.2) is 0 Å². The number of nitrogens with zero attached hydrogens (tertiary/aromatic N) is 2. The van der Waals surface area contributed by atoms with Gasteiger partial charge in [-0.05, 0) is 0 Å². The molecule has 6 rings (SSSR count). The van der Waals surface area contributed by atoms with Crippen molar-refractivity contribution in [1.82, 2.24) is 16.4 Å². The summed E-state index contributed by atoms with van der Waals surface area (Å²) in [4.78, 5) is 24.2. The molecule has 2 N–H and O–H groups in total. The molecule has 0 radical (unpaired) electrons. The van der Waals surface area contributed by atoms with Gasteiger partial charge in [-0.1, -0.05) is 0 Å². The SMILES string of the molecule is C1=C(N2CCCC2)c2ccccc2[CH]1[Zr][CH]1C=C(N2CCCC2)c2ccccc21.O=C[NH][InH][NH]C=O. The number of amides is 2. The first-order chi connectivity index (χ1) is 17.8. The van der Waals surface area contributed by atoms with Gasteiger partial charge in [-0.15, -0.1) is 0 Å². The van der Waals surface area contributed by atoms with Gasteiger partial charge in [0.1, 0.15) is 0 Å². The van der Waals surface area contributed by atoms with Gasteiger partial charge in [-0.25, -0.2) is 0 Å². The van der Waals surface area contributed by atoms with Crippen LogP contribution in [0.1, 0.15) is 55.2 Å². The minimum absolute atomic E-state index is 0.604. The number of likely N-dealkylation sites (tertiary alicyclic amines) is 2. The maximum atomic E-state index is 9.47. The molecule has 2 aliphatic heterocycles. The van der Waals surface area contributed by atoms with Crippen molar-refractivity contribution >= 4 is 47.7 Å². The molecular weight excluding hydrogens is 630 g/mol. The van der Waals surface area contributed by atoms with E-state index in [9.17, 15) is 9.59 Å². The second kappa shape index (κ2) is 12.6. The number of hydrogen-bond donors (Lipinski definition) is 2. The third kappa shape index (κ3) is 5.70. The molecule has 0 spiro atoms. The van der Waals surface area contributed by atoms with Crippen molar-refractivity contribution in [3.05, 3.63) is 82.9 Å². The second-order valence-corrected chi connectivity index (χ2v) is 16.8. The zero-order valence-electron chi connectivity index (χ0n) is 20.7. The van der Waals surface area contributed by atoms with Gasteiger partial charge in [-0.3, -0.25) is 0 Å². The van der Waals surface area contributed by atoms with E-state index in [-0.39, 0.29) is 0 Å². The van der Waals surface area contributed by atoms with Crippen LogP contribution in [0.25, 0.3) is 11.4 Å². The third-order valence-corrected chi connectivity index (χ3v) is 13.6. The summed E-state index contributed by atoms with van der Waals surface area (Å²) in [6, 6.07) is 18.5. The normalized spacial score (nSPS) is 21.4. The van der Waals surface area contributed by atoms with Gasteiger partial charge in [0, 0.05) is 0 Å². The molecule has 2 aromatic carbocycles. The third-order valence-electron chi connectivity index (χ3n) is 7.42. The number of rotatable bonds is 8. The fourth-order valence-corrected chi connectivity index (χ4v) is 10.9. The Morgan fingerprint density at radius 2 is 1.11 bits per heavy atom. The van der Waals surface area contributed by atoms with E-state index in [1.807, 2.05) is 0 Å². The summed E-state index contributed by atoms with van der Waals surface area (Å²) in [6.45, 7) is 4.96. The molecular formula is C28H33InN4O2Zr. The number of nitrogens with one attached hydrogen (secondary N) is 2. The molecule has 2 fully saturated rings. The van der Waals surface area contributed by atoms with Gasteiger partial charge in [0.25, 0.3) is 0 Å². The Balaban J connectivity index is 0.000000338. The number of fused-ring (bicyclic) bond motifs is 2. The average molecular weight is 664 g/mol. The first-order valence-electron chi connectivity index (χ1n) is 13.0. The minimum atomic E-state index is -1.35. The molecule has 2 heterocycles. The molecule has 2 atom stereocenters. The Labute approximate surface area is 237 Å². The predicted molar refractivity (Wildman–Crippen MR) is 141 cm³/mol. The van der Waals surface area contributed by atoms with Crippen molar-refractivity contribution in [2.75, 3.05) is 26.2 Å². The van der Waals surface area contributed by atoms with E-state index in [1.165, 1.54) is 63.0 Å². The summed E-state index contributed by atoms with van der Waals surface area (Å²) in [5.41, 5.74) is 9.35. The van der Waals surface area contributed by atoms with Crippen LogP contribution in [0, 0.1) is 0 Å². The summed E-state index contributed by atoms with van der Waals surface area (Å²) < 4.78 is 6.26. The van der Waals surface area contributed by atoms with Crippen LogP contribution in [0.5, 0.6) is 0 Å². The quantitative estimate of drug-likeness (QED) is 0.337. The zero-order valence-corrected chi connectivity index (χ0v) is 27.2. The summed E-state index contributed by atoms with van der Waals surface area (Å²) in [6.07, 6.45) is 11.9. The summed E-state index contributed by atoms with van der Waals surface area (Å²) in [7, 11) is 0. The number of hydrogen-bond acceptors (Lipinski definition) is 4. The van der Waals surface area contributed by atoms with Gasteiger partial charge < -0.3 is 0 Å². The molecule has 6 nitrogen and oxygen atoms in total. The van der Waals surface area contributed by atoms with Crippen molar-refractivity contribution in [2.24, 2.45) is 0 Å². The maximum absolute atomic E-state index is 9.47. The second-order valence-electron chi connectivity index (χ2n) is 9.61. The van der Waals surface area contributed by atoms with Crippen LogP contribution in [0.4, 0.5) is 0 Å². The first kappa shape index (κ1) is 25.8. The fourth-order valence-electron chi connectivity index (χ4n) is 5.76. The number of benzene rings is 2. The monoisotopic (exact) mass is 662 g/mol. The predicted octanol–water partition coefficient (Wildman–Crippen LogP) is 3.20. The molecule has 8 heteroatoms. The Kier molecular flexibility index (Phi) is 9.08. The summed E-state index contributed by atoms with van der Waals surface area (Å²) in [5.74, 6) is 0.